The molecule has 0 saturated heterocycles. The fourth-order valence-corrected chi connectivity index (χ4v) is 4.40. The summed E-state index contributed by atoms with van der Waals surface area (Å²) in [7, 11) is 1.19. The van der Waals surface area contributed by atoms with Crippen LogP contribution >= 0.6 is 35.0 Å². The summed E-state index contributed by atoms with van der Waals surface area (Å²) in [6.07, 6.45) is 0. The van der Waals surface area contributed by atoms with Gasteiger partial charge in [0.2, 0.25) is 11.8 Å². The number of nitrogens with one attached hydrogen (secondary N) is 2. The van der Waals surface area contributed by atoms with Crippen LogP contribution in [0.1, 0.15) is 11.5 Å². The molecular formula is C22H17Cl2N3O4S. The highest BCUT2D eigenvalue weighted by molar-refractivity contribution is 8.03. The molecule has 164 valence electrons. The Morgan fingerprint density at radius 1 is 1.19 bits per heavy atom. The quantitative estimate of drug-likeness (QED) is 0.466. The third kappa shape index (κ3) is 5.25. The minimum atomic E-state index is -1.22. The van der Waals surface area contributed by atoms with Crippen LogP contribution in [0.5, 0.6) is 0 Å². The molecule has 7 nitrogen and oxygen atoms in total. The van der Waals surface area contributed by atoms with Crippen LogP contribution in [-0.2, 0) is 19.1 Å². The number of esters is 1. The number of ether oxygens (including phenoxy) is 1. The average molecular weight is 490 g/mol. The van der Waals surface area contributed by atoms with Gasteiger partial charge in [-0.25, -0.2) is 0 Å². The van der Waals surface area contributed by atoms with Crippen molar-refractivity contribution in [3.63, 3.8) is 0 Å². The summed E-state index contributed by atoms with van der Waals surface area (Å²) in [6, 6.07) is 15.5. The lowest BCUT2D eigenvalue weighted by atomic mass is 9.78. The third-order valence-electron chi connectivity index (χ3n) is 4.69. The van der Waals surface area contributed by atoms with E-state index < -0.39 is 23.7 Å². The largest absolute Gasteiger partial charge is 0.468 e. The molecule has 0 fully saturated rings. The molecule has 2 amide bonds. The first kappa shape index (κ1) is 23.7. The Kier molecular flexibility index (Phi) is 7.80. The second kappa shape index (κ2) is 10.6. The molecule has 32 heavy (non-hydrogen) atoms. The Labute approximate surface area is 198 Å². The monoisotopic (exact) mass is 489 g/mol. The molecule has 0 aliphatic carbocycles. The van der Waals surface area contributed by atoms with Crippen molar-refractivity contribution >= 4 is 58.4 Å². The van der Waals surface area contributed by atoms with Gasteiger partial charge in [-0.15, -0.1) is 0 Å². The molecule has 1 aliphatic heterocycles. The topological polar surface area (TPSA) is 108 Å². The zero-order chi connectivity index (χ0) is 23.3. The maximum Gasteiger partial charge on any atom is 0.319 e. The fraction of sp³-hybridized carbons (Fsp3) is 0.182. The molecule has 2 aromatic rings. The highest BCUT2D eigenvalue weighted by Crippen LogP contribution is 2.40. The zero-order valence-corrected chi connectivity index (χ0v) is 19.1. The highest BCUT2D eigenvalue weighted by Gasteiger charge is 2.44. The fourth-order valence-electron chi connectivity index (χ4n) is 3.25. The normalized spacial score (nSPS) is 17.9. The zero-order valence-electron chi connectivity index (χ0n) is 16.7. The average Bonchev–Trinajstić information content (AvgIpc) is 2.79. The van der Waals surface area contributed by atoms with Crippen molar-refractivity contribution in [3.8, 4) is 6.07 Å². The van der Waals surface area contributed by atoms with Crippen LogP contribution < -0.4 is 10.6 Å². The summed E-state index contributed by atoms with van der Waals surface area (Å²) in [6.45, 7) is 0. The van der Waals surface area contributed by atoms with Crippen LogP contribution in [0.2, 0.25) is 10.0 Å². The number of methoxy groups -OCH3 is 1. The van der Waals surface area contributed by atoms with E-state index in [1.807, 2.05) is 0 Å². The first-order valence-corrected chi connectivity index (χ1v) is 11.1. The Morgan fingerprint density at radius 2 is 1.91 bits per heavy atom. The van der Waals surface area contributed by atoms with Crippen molar-refractivity contribution in [2.75, 3.05) is 18.2 Å². The number of halogens is 2. The van der Waals surface area contributed by atoms with E-state index in [0.717, 1.165) is 11.8 Å². The molecule has 10 heteroatoms. The SMILES string of the molecule is COC(=O)[C@@H]1C(=O)NC(SCC(=O)Nc2ccc(Cl)c(Cl)c2)=C(C#N)[C@H]1c1ccccc1. The van der Waals surface area contributed by atoms with Crippen LogP contribution in [0.4, 0.5) is 5.69 Å². The summed E-state index contributed by atoms with van der Waals surface area (Å²) >= 11 is 12.8. The van der Waals surface area contributed by atoms with E-state index in [1.54, 1.807) is 42.5 Å². The predicted octanol–water partition coefficient (Wildman–Crippen LogP) is 4.10. The number of hydrogen-bond donors (Lipinski definition) is 2. The second-order valence-electron chi connectivity index (χ2n) is 6.70. The van der Waals surface area contributed by atoms with Gasteiger partial charge in [0.15, 0.2) is 0 Å². The van der Waals surface area contributed by atoms with Crippen molar-refractivity contribution in [2.45, 2.75) is 5.92 Å². The second-order valence-corrected chi connectivity index (χ2v) is 8.50. The number of carbonyl (C=O) groups excluding carboxylic acids is 3. The molecule has 0 aromatic heterocycles. The van der Waals surface area contributed by atoms with Crippen molar-refractivity contribution in [1.29, 1.82) is 5.26 Å². The molecule has 2 aromatic carbocycles. The Balaban J connectivity index is 1.85. The van der Waals surface area contributed by atoms with Gasteiger partial charge in [0, 0.05) is 11.6 Å². The molecule has 3 rings (SSSR count). The number of amides is 2. The summed E-state index contributed by atoms with van der Waals surface area (Å²) in [4.78, 5) is 37.5. The lowest BCUT2D eigenvalue weighted by molar-refractivity contribution is -0.150. The number of allylic oxidation sites excluding steroid dienone is 1. The summed E-state index contributed by atoms with van der Waals surface area (Å²) in [5.74, 6) is -3.86. The van der Waals surface area contributed by atoms with E-state index >= 15 is 0 Å². The molecule has 2 atom stereocenters. The Hall–Kier alpha value is -2.99. The third-order valence-corrected chi connectivity index (χ3v) is 6.45. The van der Waals surface area contributed by atoms with Gasteiger partial charge in [-0.05, 0) is 23.8 Å². The van der Waals surface area contributed by atoms with E-state index in [-0.39, 0.29) is 22.3 Å². The van der Waals surface area contributed by atoms with Crippen molar-refractivity contribution in [1.82, 2.24) is 5.32 Å². The maximum atomic E-state index is 12.8. The van der Waals surface area contributed by atoms with Gasteiger partial charge in [-0.1, -0.05) is 65.3 Å². The lowest BCUT2D eigenvalue weighted by Gasteiger charge is -2.30. The number of thioether (sulfide) groups is 1. The summed E-state index contributed by atoms with van der Waals surface area (Å²) in [5, 5.41) is 16.0. The highest BCUT2D eigenvalue weighted by atomic mass is 35.5. The lowest BCUT2D eigenvalue weighted by Crippen LogP contribution is -2.44. The molecule has 1 heterocycles. The molecule has 0 bridgehead atoms. The molecule has 0 radical (unpaired) electrons. The van der Waals surface area contributed by atoms with Crippen LogP contribution in [0.3, 0.4) is 0 Å². The van der Waals surface area contributed by atoms with Gasteiger partial charge >= 0.3 is 5.97 Å². The minimum Gasteiger partial charge on any atom is -0.468 e. The Bertz CT molecular complexity index is 1130. The van der Waals surface area contributed by atoms with Crippen LogP contribution in [0.15, 0.2) is 59.1 Å². The number of nitrogens with zero attached hydrogens (tertiary/aromatic N) is 1. The minimum absolute atomic E-state index is 0.0918. The van der Waals surface area contributed by atoms with Gasteiger partial charge in [0.05, 0.1) is 39.6 Å². The first-order chi connectivity index (χ1) is 15.3. The predicted molar refractivity (Wildman–Crippen MR) is 123 cm³/mol. The number of rotatable bonds is 6. The van der Waals surface area contributed by atoms with E-state index in [2.05, 4.69) is 16.7 Å². The molecule has 0 spiro atoms. The number of hydrogen-bond acceptors (Lipinski definition) is 6. The first-order valence-electron chi connectivity index (χ1n) is 9.31. The van der Waals surface area contributed by atoms with Crippen molar-refractivity contribution in [2.24, 2.45) is 5.92 Å². The number of nitriles is 1. The van der Waals surface area contributed by atoms with Gasteiger partial charge in [0.1, 0.15) is 5.92 Å². The summed E-state index contributed by atoms with van der Waals surface area (Å²) < 4.78 is 4.80. The Morgan fingerprint density at radius 3 is 2.53 bits per heavy atom. The standard InChI is InChI=1S/C22H17Cl2N3O4S/c1-31-22(30)19-18(12-5-3-2-4-6-12)14(10-25)21(27-20(19)29)32-11-17(28)26-13-7-8-15(23)16(24)9-13/h2-9,18-19H,11H2,1H3,(H,26,28)(H,27,29)/t18-,19+/m1/s1. The number of carbonyl (C=O) groups is 3. The van der Waals surface area contributed by atoms with E-state index in [0.29, 0.717) is 21.3 Å². The van der Waals surface area contributed by atoms with Crippen LogP contribution in [0.25, 0.3) is 0 Å². The summed E-state index contributed by atoms with van der Waals surface area (Å²) in [5.41, 5.74) is 1.26. The van der Waals surface area contributed by atoms with Crippen molar-refractivity contribution in [3.05, 3.63) is 74.7 Å². The molecule has 0 unspecified atom stereocenters. The van der Waals surface area contributed by atoms with Crippen LogP contribution in [-0.4, -0.2) is 30.6 Å². The van der Waals surface area contributed by atoms with Gasteiger partial charge < -0.3 is 15.4 Å². The van der Waals surface area contributed by atoms with Crippen molar-refractivity contribution < 1.29 is 19.1 Å². The molecule has 2 N–H and O–H groups in total. The number of anilines is 1. The molecule has 1 aliphatic rings. The van der Waals surface area contributed by atoms with E-state index in [9.17, 15) is 19.6 Å². The maximum absolute atomic E-state index is 12.8. The van der Waals surface area contributed by atoms with E-state index in [1.165, 1.54) is 13.2 Å². The van der Waals surface area contributed by atoms with Gasteiger partial charge in [-0.3, -0.25) is 14.4 Å². The van der Waals surface area contributed by atoms with Crippen LogP contribution in [0, 0.1) is 17.2 Å². The molecular weight excluding hydrogens is 473 g/mol. The van der Waals surface area contributed by atoms with Gasteiger partial charge in [-0.2, -0.15) is 5.26 Å². The molecule has 0 saturated carbocycles. The van der Waals surface area contributed by atoms with Gasteiger partial charge in [0.25, 0.3) is 0 Å². The van der Waals surface area contributed by atoms with E-state index in [4.69, 9.17) is 27.9 Å². The number of benzene rings is 2. The smallest absolute Gasteiger partial charge is 0.319 e.